The van der Waals surface area contributed by atoms with Crippen LogP contribution in [0.5, 0.6) is 0 Å². The van der Waals surface area contributed by atoms with E-state index in [1.807, 2.05) is 0 Å². The van der Waals surface area contributed by atoms with E-state index in [1.165, 1.54) is 0 Å². The highest BCUT2D eigenvalue weighted by Gasteiger charge is 2.15. The van der Waals surface area contributed by atoms with Crippen LogP contribution in [0.15, 0.2) is 16.9 Å². The number of carbonyl (C=O) groups excluding carboxylic acids is 1. The topological polar surface area (TPSA) is 74.8 Å². The van der Waals surface area contributed by atoms with Crippen molar-refractivity contribution in [3.8, 4) is 0 Å². The van der Waals surface area contributed by atoms with Crippen LogP contribution in [0.25, 0.3) is 0 Å². The molecule has 86 valence electrons. The Kier molecular flexibility index (Phi) is 3.60. The lowest BCUT2D eigenvalue weighted by atomic mass is 10.1. The molecule has 5 heteroatoms. The summed E-state index contributed by atoms with van der Waals surface area (Å²) in [6.45, 7) is 9.27. The van der Waals surface area contributed by atoms with Crippen molar-refractivity contribution in [1.29, 1.82) is 0 Å². The number of amides is 1. The maximum atomic E-state index is 11.7. The molecule has 2 N–H and O–H groups in total. The van der Waals surface area contributed by atoms with Gasteiger partial charge >= 0.3 is 0 Å². The molecule has 0 aliphatic heterocycles. The SMILES string of the molecule is C=C(C)CNC(=O)c1c(C)c(C)n[nH]c1=O. The molecule has 0 aliphatic carbocycles. The molecule has 0 saturated carbocycles. The largest absolute Gasteiger partial charge is 0.348 e. The lowest BCUT2D eigenvalue weighted by Gasteiger charge is -2.07. The molecule has 0 aromatic carbocycles. The third kappa shape index (κ3) is 2.56. The van der Waals surface area contributed by atoms with Crippen LogP contribution in [0.2, 0.25) is 0 Å². The Balaban J connectivity index is 3.04. The van der Waals surface area contributed by atoms with Gasteiger partial charge in [0.2, 0.25) is 0 Å². The molecule has 0 aliphatic rings. The highest BCUT2D eigenvalue weighted by atomic mass is 16.2. The highest BCUT2D eigenvalue weighted by Crippen LogP contribution is 2.04. The average molecular weight is 221 g/mol. The zero-order chi connectivity index (χ0) is 12.3. The number of nitrogens with one attached hydrogen (secondary N) is 2. The van der Waals surface area contributed by atoms with Gasteiger partial charge in [0.05, 0.1) is 5.69 Å². The van der Waals surface area contributed by atoms with Crippen molar-refractivity contribution < 1.29 is 4.79 Å². The van der Waals surface area contributed by atoms with E-state index < -0.39 is 11.5 Å². The van der Waals surface area contributed by atoms with E-state index in [2.05, 4.69) is 22.1 Å². The lowest BCUT2D eigenvalue weighted by Crippen LogP contribution is -2.32. The van der Waals surface area contributed by atoms with Crippen molar-refractivity contribution in [3.63, 3.8) is 0 Å². The maximum absolute atomic E-state index is 11.7. The Morgan fingerprint density at radius 2 is 2.12 bits per heavy atom. The molecule has 0 fully saturated rings. The van der Waals surface area contributed by atoms with Crippen molar-refractivity contribution in [2.45, 2.75) is 20.8 Å². The van der Waals surface area contributed by atoms with Gasteiger partial charge in [0.25, 0.3) is 11.5 Å². The quantitative estimate of drug-likeness (QED) is 0.737. The van der Waals surface area contributed by atoms with Gasteiger partial charge in [-0.2, -0.15) is 5.10 Å². The van der Waals surface area contributed by atoms with Crippen LogP contribution >= 0.6 is 0 Å². The van der Waals surface area contributed by atoms with Gasteiger partial charge in [-0.1, -0.05) is 12.2 Å². The second kappa shape index (κ2) is 4.74. The molecule has 1 aromatic rings. The van der Waals surface area contributed by atoms with Crippen molar-refractivity contribution in [3.05, 3.63) is 39.3 Å². The molecule has 1 heterocycles. The van der Waals surface area contributed by atoms with Gasteiger partial charge in [-0.15, -0.1) is 0 Å². The zero-order valence-corrected chi connectivity index (χ0v) is 9.68. The molecule has 0 radical (unpaired) electrons. The molecular weight excluding hydrogens is 206 g/mol. The number of aryl methyl sites for hydroxylation is 1. The van der Waals surface area contributed by atoms with Crippen LogP contribution in [0.1, 0.15) is 28.5 Å². The monoisotopic (exact) mass is 221 g/mol. The summed E-state index contributed by atoms with van der Waals surface area (Å²) >= 11 is 0. The van der Waals surface area contributed by atoms with Crippen LogP contribution in [0.4, 0.5) is 0 Å². The summed E-state index contributed by atoms with van der Waals surface area (Å²) in [5.41, 5.74) is 1.72. The lowest BCUT2D eigenvalue weighted by molar-refractivity contribution is 0.0954. The fraction of sp³-hybridized carbons (Fsp3) is 0.364. The van der Waals surface area contributed by atoms with E-state index in [1.54, 1.807) is 20.8 Å². The minimum atomic E-state index is -0.470. The molecule has 0 spiro atoms. The van der Waals surface area contributed by atoms with Gasteiger partial charge in [0, 0.05) is 6.54 Å². The number of aromatic amines is 1. The number of aromatic nitrogens is 2. The summed E-state index contributed by atoms with van der Waals surface area (Å²) in [4.78, 5) is 23.2. The van der Waals surface area contributed by atoms with E-state index in [4.69, 9.17) is 0 Å². The number of nitrogens with zero attached hydrogens (tertiary/aromatic N) is 1. The number of carbonyl (C=O) groups is 1. The first-order valence-corrected chi connectivity index (χ1v) is 4.92. The molecule has 0 bridgehead atoms. The Hall–Kier alpha value is -1.91. The van der Waals surface area contributed by atoms with Gasteiger partial charge in [0.1, 0.15) is 5.56 Å². The van der Waals surface area contributed by atoms with Gasteiger partial charge in [-0.05, 0) is 26.3 Å². The van der Waals surface area contributed by atoms with Crippen LogP contribution in [0, 0.1) is 13.8 Å². The number of rotatable bonds is 3. The smallest absolute Gasteiger partial charge is 0.277 e. The van der Waals surface area contributed by atoms with Gasteiger partial charge in [-0.3, -0.25) is 9.59 Å². The van der Waals surface area contributed by atoms with E-state index >= 15 is 0 Å². The summed E-state index contributed by atoms with van der Waals surface area (Å²) < 4.78 is 0. The second-order valence-corrected chi connectivity index (χ2v) is 3.78. The molecule has 5 nitrogen and oxygen atoms in total. The average Bonchev–Trinajstić information content (AvgIpc) is 2.21. The third-order valence-corrected chi connectivity index (χ3v) is 2.25. The molecule has 0 unspecified atom stereocenters. The minimum absolute atomic E-state index is 0.119. The van der Waals surface area contributed by atoms with Crippen molar-refractivity contribution >= 4 is 5.91 Å². The summed E-state index contributed by atoms with van der Waals surface area (Å²) in [6.07, 6.45) is 0. The number of hydrogen-bond acceptors (Lipinski definition) is 3. The van der Waals surface area contributed by atoms with E-state index in [0.717, 1.165) is 5.57 Å². The molecule has 16 heavy (non-hydrogen) atoms. The first-order chi connectivity index (χ1) is 7.43. The van der Waals surface area contributed by atoms with Crippen LogP contribution in [-0.2, 0) is 0 Å². The van der Waals surface area contributed by atoms with E-state index in [0.29, 0.717) is 17.8 Å². The maximum Gasteiger partial charge on any atom is 0.277 e. The molecule has 0 saturated heterocycles. The molecule has 1 aromatic heterocycles. The Bertz CT molecular complexity index is 488. The van der Waals surface area contributed by atoms with E-state index in [9.17, 15) is 9.59 Å². The molecule has 0 atom stereocenters. The van der Waals surface area contributed by atoms with Crippen LogP contribution in [-0.4, -0.2) is 22.6 Å². The molecule has 1 rings (SSSR count). The summed E-state index contributed by atoms with van der Waals surface area (Å²) in [5, 5.41) is 8.69. The first-order valence-electron chi connectivity index (χ1n) is 4.92. The van der Waals surface area contributed by atoms with Crippen LogP contribution < -0.4 is 10.9 Å². The Labute approximate surface area is 93.6 Å². The fourth-order valence-electron chi connectivity index (χ4n) is 1.22. The van der Waals surface area contributed by atoms with Gasteiger partial charge < -0.3 is 5.32 Å². The van der Waals surface area contributed by atoms with Crippen molar-refractivity contribution in [2.24, 2.45) is 0 Å². The van der Waals surface area contributed by atoms with Gasteiger partial charge in [0.15, 0.2) is 0 Å². The third-order valence-electron chi connectivity index (χ3n) is 2.25. The predicted molar refractivity (Wildman–Crippen MR) is 61.5 cm³/mol. The van der Waals surface area contributed by atoms with Crippen molar-refractivity contribution in [1.82, 2.24) is 15.5 Å². The predicted octanol–water partition coefficient (Wildman–Crippen LogP) is 0.693. The Morgan fingerprint density at radius 1 is 1.50 bits per heavy atom. The number of H-pyrrole nitrogens is 1. The minimum Gasteiger partial charge on any atom is -0.348 e. The fourth-order valence-corrected chi connectivity index (χ4v) is 1.22. The first kappa shape index (κ1) is 12.2. The van der Waals surface area contributed by atoms with E-state index in [-0.39, 0.29) is 5.56 Å². The highest BCUT2D eigenvalue weighted by molar-refractivity contribution is 5.95. The normalized spacial score (nSPS) is 9.94. The summed E-state index contributed by atoms with van der Waals surface area (Å²) in [7, 11) is 0. The van der Waals surface area contributed by atoms with Crippen molar-refractivity contribution in [2.75, 3.05) is 6.54 Å². The summed E-state index contributed by atoms with van der Waals surface area (Å²) in [5.74, 6) is -0.396. The molecule has 1 amide bonds. The Morgan fingerprint density at radius 3 is 2.69 bits per heavy atom. The van der Waals surface area contributed by atoms with Gasteiger partial charge in [-0.25, -0.2) is 5.10 Å². The summed E-state index contributed by atoms with van der Waals surface area (Å²) in [6, 6.07) is 0. The second-order valence-electron chi connectivity index (χ2n) is 3.78. The standard InChI is InChI=1S/C11H15N3O2/c1-6(2)5-12-10(15)9-7(3)8(4)13-14-11(9)16/h1,5H2,2-4H3,(H,12,15)(H,14,16). The zero-order valence-electron chi connectivity index (χ0n) is 9.68. The molecular formula is C11H15N3O2. The number of hydrogen-bond donors (Lipinski definition) is 2. The van der Waals surface area contributed by atoms with Crippen LogP contribution in [0.3, 0.4) is 0 Å².